The molecular weight excluding hydrogens is 296 g/mol. The minimum absolute atomic E-state index is 0.0574. The Balaban J connectivity index is 2.22. The number of carboxylic acid groups (broad SMARTS) is 1. The molecular formula is C9H5F2N5O3S. The van der Waals surface area contributed by atoms with Crippen LogP contribution in [0.15, 0.2) is 12.1 Å². The van der Waals surface area contributed by atoms with Crippen LogP contribution in [0.3, 0.4) is 0 Å². The Labute approximate surface area is 113 Å². The first-order valence-corrected chi connectivity index (χ1v) is 5.70. The largest absolute Gasteiger partial charge is 0.478 e. The molecule has 2 amide bonds. The quantitative estimate of drug-likeness (QED) is 0.792. The number of aromatic nitrogens is 3. The van der Waals surface area contributed by atoms with Gasteiger partial charge in [0.1, 0.15) is 0 Å². The summed E-state index contributed by atoms with van der Waals surface area (Å²) < 4.78 is 29.4. The highest BCUT2D eigenvalue weighted by atomic mass is 32.1. The standard InChI is InChI=1S/C9H5F2N5O3S/c10-4-1-3(7(17)18)6(2-5(4)11)12-8(19)13-9-14-15-16-20-9/h1-2H,(H,17,18)(H2,12,13,14,16,19). The van der Waals surface area contributed by atoms with E-state index >= 15 is 0 Å². The highest BCUT2D eigenvalue weighted by Gasteiger charge is 2.17. The van der Waals surface area contributed by atoms with Gasteiger partial charge in [-0.05, 0) is 11.3 Å². The Morgan fingerprint density at radius 2 is 1.90 bits per heavy atom. The molecule has 104 valence electrons. The molecule has 0 bridgehead atoms. The zero-order chi connectivity index (χ0) is 14.7. The third kappa shape index (κ3) is 3.00. The van der Waals surface area contributed by atoms with E-state index in [-0.39, 0.29) is 5.13 Å². The number of nitrogens with zero attached hydrogens (tertiary/aromatic N) is 3. The number of aromatic carboxylic acids is 1. The lowest BCUT2D eigenvalue weighted by Gasteiger charge is -2.08. The maximum absolute atomic E-state index is 13.1. The van der Waals surface area contributed by atoms with E-state index in [9.17, 15) is 18.4 Å². The first-order chi connectivity index (χ1) is 9.47. The molecule has 0 aliphatic heterocycles. The molecule has 8 nitrogen and oxygen atoms in total. The fourth-order valence-electron chi connectivity index (χ4n) is 1.26. The molecule has 3 N–H and O–H groups in total. The lowest BCUT2D eigenvalue weighted by molar-refractivity contribution is 0.0697. The van der Waals surface area contributed by atoms with Crippen LogP contribution in [0.1, 0.15) is 10.4 Å². The molecule has 2 rings (SSSR count). The summed E-state index contributed by atoms with van der Waals surface area (Å²) in [6.07, 6.45) is 0. The molecule has 1 aromatic carbocycles. The maximum atomic E-state index is 13.1. The number of hydrogen-bond acceptors (Lipinski definition) is 6. The summed E-state index contributed by atoms with van der Waals surface area (Å²) in [5.74, 6) is -4.14. The second-order valence-electron chi connectivity index (χ2n) is 3.36. The Bertz CT molecular complexity index is 664. The number of nitrogens with one attached hydrogen (secondary N) is 2. The van der Waals surface area contributed by atoms with Gasteiger partial charge in [0, 0.05) is 17.6 Å². The van der Waals surface area contributed by atoms with Gasteiger partial charge in [-0.15, -0.1) is 0 Å². The highest BCUT2D eigenvalue weighted by molar-refractivity contribution is 7.09. The second kappa shape index (κ2) is 5.52. The Morgan fingerprint density at radius 3 is 2.50 bits per heavy atom. The van der Waals surface area contributed by atoms with Crippen LogP contribution in [-0.2, 0) is 0 Å². The predicted molar refractivity (Wildman–Crippen MR) is 63.7 cm³/mol. The smallest absolute Gasteiger partial charge is 0.337 e. The molecule has 20 heavy (non-hydrogen) atoms. The highest BCUT2D eigenvalue weighted by Crippen LogP contribution is 2.20. The van der Waals surface area contributed by atoms with Crippen molar-refractivity contribution < 1.29 is 23.5 Å². The molecule has 0 fully saturated rings. The zero-order valence-corrected chi connectivity index (χ0v) is 10.2. The Morgan fingerprint density at radius 1 is 1.20 bits per heavy atom. The monoisotopic (exact) mass is 301 g/mol. The van der Waals surface area contributed by atoms with Crippen LogP contribution in [0, 0.1) is 11.6 Å². The molecule has 0 aliphatic carbocycles. The fourth-order valence-corrected chi connectivity index (χ4v) is 1.62. The third-order valence-electron chi connectivity index (χ3n) is 2.06. The van der Waals surface area contributed by atoms with Gasteiger partial charge in [0.25, 0.3) is 0 Å². The van der Waals surface area contributed by atoms with Crippen molar-refractivity contribution in [2.75, 3.05) is 10.6 Å². The number of carbonyl (C=O) groups is 2. The molecule has 0 saturated carbocycles. The van der Waals surface area contributed by atoms with Gasteiger partial charge in [0.2, 0.25) is 5.13 Å². The second-order valence-corrected chi connectivity index (χ2v) is 4.10. The number of hydrogen-bond donors (Lipinski definition) is 3. The summed E-state index contributed by atoms with van der Waals surface area (Å²) in [4.78, 5) is 22.4. The van der Waals surface area contributed by atoms with Crippen LogP contribution in [-0.4, -0.2) is 31.9 Å². The van der Waals surface area contributed by atoms with Crippen LogP contribution in [0.5, 0.6) is 0 Å². The van der Waals surface area contributed by atoms with Crippen molar-refractivity contribution in [2.45, 2.75) is 0 Å². The van der Waals surface area contributed by atoms with Gasteiger partial charge in [-0.3, -0.25) is 5.32 Å². The Kier molecular flexibility index (Phi) is 3.79. The van der Waals surface area contributed by atoms with Crippen molar-refractivity contribution in [3.05, 3.63) is 29.3 Å². The van der Waals surface area contributed by atoms with Crippen LogP contribution in [0.25, 0.3) is 0 Å². The number of amides is 2. The minimum Gasteiger partial charge on any atom is -0.478 e. The number of carbonyl (C=O) groups excluding carboxylic acids is 1. The number of carboxylic acids is 1. The lowest BCUT2D eigenvalue weighted by atomic mass is 10.1. The minimum atomic E-state index is -1.52. The molecule has 0 atom stereocenters. The van der Waals surface area contributed by atoms with Crippen molar-refractivity contribution in [3.63, 3.8) is 0 Å². The molecule has 11 heteroatoms. The SMILES string of the molecule is O=C(Nc1nnns1)Nc1cc(F)c(F)cc1C(=O)O. The lowest BCUT2D eigenvalue weighted by Crippen LogP contribution is -2.21. The van der Waals surface area contributed by atoms with E-state index in [0.717, 1.165) is 11.5 Å². The number of anilines is 2. The van der Waals surface area contributed by atoms with E-state index in [1.165, 1.54) is 0 Å². The summed E-state index contributed by atoms with van der Waals surface area (Å²) in [6.45, 7) is 0. The van der Waals surface area contributed by atoms with E-state index in [4.69, 9.17) is 5.11 Å². The maximum Gasteiger partial charge on any atom is 0.337 e. The topological polar surface area (TPSA) is 117 Å². The summed E-state index contributed by atoms with van der Waals surface area (Å²) in [7, 11) is 0. The van der Waals surface area contributed by atoms with E-state index in [2.05, 4.69) is 25.4 Å². The van der Waals surface area contributed by atoms with Crippen molar-refractivity contribution >= 4 is 34.4 Å². The number of rotatable bonds is 3. The van der Waals surface area contributed by atoms with E-state index in [1.807, 2.05) is 0 Å². The summed E-state index contributed by atoms with van der Waals surface area (Å²) in [5.41, 5.74) is -0.985. The first-order valence-electron chi connectivity index (χ1n) is 4.92. The molecule has 1 heterocycles. The molecule has 0 aliphatic rings. The zero-order valence-electron chi connectivity index (χ0n) is 9.42. The molecule has 0 radical (unpaired) electrons. The van der Waals surface area contributed by atoms with Gasteiger partial charge in [0.15, 0.2) is 11.6 Å². The van der Waals surface area contributed by atoms with Gasteiger partial charge in [-0.25, -0.2) is 18.4 Å². The molecule has 1 aromatic heterocycles. The molecule has 2 aromatic rings. The normalized spacial score (nSPS) is 10.1. The average Bonchev–Trinajstić information content (AvgIpc) is 2.85. The first kappa shape index (κ1) is 13.7. The van der Waals surface area contributed by atoms with Gasteiger partial charge in [0.05, 0.1) is 11.3 Å². The van der Waals surface area contributed by atoms with Crippen LogP contribution in [0.4, 0.5) is 24.4 Å². The number of benzene rings is 1. The van der Waals surface area contributed by atoms with Gasteiger partial charge in [-0.2, -0.15) is 0 Å². The summed E-state index contributed by atoms with van der Waals surface area (Å²) >= 11 is 0.783. The van der Waals surface area contributed by atoms with Gasteiger partial charge < -0.3 is 10.4 Å². The molecule has 0 spiro atoms. The van der Waals surface area contributed by atoms with Crippen LogP contribution < -0.4 is 10.6 Å². The predicted octanol–water partition coefficient (Wildman–Crippen LogP) is 1.55. The third-order valence-corrected chi connectivity index (χ3v) is 2.57. The average molecular weight is 301 g/mol. The van der Waals surface area contributed by atoms with Crippen molar-refractivity contribution in [1.82, 2.24) is 14.8 Å². The summed E-state index contributed by atoms with van der Waals surface area (Å²) in [6, 6.07) is 0.147. The fraction of sp³-hybridized carbons (Fsp3) is 0. The van der Waals surface area contributed by atoms with Crippen molar-refractivity contribution in [2.24, 2.45) is 0 Å². The van der Waals surface area contributed by atoms with Gasteiger partial charge in [-0.1, -0.05) is 9.59 Å². The summed E-state index contributed by atoms with van der Waals surface area (Å²) in [5, 5.41) is 19.8. The number of halogens is 2. The van der Waals surface area contributed by atoms with Crippen LogP contribution >= 0.6 is 11.5 Å². The van der Waals surface area contributed by atoms with Gasteiger partial charge >= 0.3 is 12.0 Å². The van der Waals surface area contributed by atoms with E-state index in [1.54, 1.807) is 0 Å². The van der Waals surface area contributed by atoms with E-state index < -0.39 is 34.9 Å². The Hall–Kier alpha value is -2.69. The van der Waals surface area contributed by atoms with Crippen LogP contribution in [0.2, 0.25) is 0 Å². The molecule has 0 saturated heterocycles. The number of urea groups is 1. The molecule has 0 unspecified atom stereocenters. The van der Waals surface area contributed by atoms with Crippen molar-refractivity contribution in [3.8, 4) is 0 Å². The van der Waals surface area contributed by atoms with E-state index in [0.29, 0.717) is 12.1 Å². The van der Waals surface area contributed by atoms with Crippen molar-refractivity contribution in [1.29, 1.82) is 0 Å².